The first-order valence-corrected chi connectivity index (χ1v) is 11.2. The third kappa shape index (κ3) is 6.04. The number of aryl methyl sites for hydroxylation is 1. The summed E-state index contributed by atoms with van der Waals surface area (Å²) >= 11 is 0. The van der Waals surface area contributed by atoms with Crippen LogP contribution in [-0.2, 0) is 21.3 Å². The van der Waals surface area contributed by atoms with Gasteiger partial charge in [-0.15, -0.1) is 0 Å². The van der Waals surface area contributed by atoms with E-state index in [1.54, 1.807) is 49.6 Å². The Morgan fingerprint density at radius 1 is 1.17 bits per heavy atom. The summed E-state index contributed by atoms with van der Waals surface area (Å²) in [4.78, 5) is 12.8. The number of ether oxygens (including phenoxy) is 2. The van der Waals surface area contributed by atoms with Gasteiger partial charge >= 0.3 is 0 Å². The topological polar surface area (TPSA) is 84.9 Å². The minimum Gasteiger partial charge on any atom is -0.494 e. The Bertz CT molecular complexity index is 958. The Kier molecular flexibility index (Phi) is 8.40. The summed E-state index contributed by atoms with van der Waals surface area (Å²) in [5, 5.41) is 2.85. The van der Waals surface area contributed by atoms with Crippen molar-refractivity contribution >= 4 is 15.9 Å². The summed E-state index contributed by atoms with van der Waals surface area (Å²) in [7, 11) is -0.601. The van der Waals surface area contributed by atoms with E-state index in [2.05, 4.69) is 5.32 Å². The summed E-state index contributed by atoms with van der Waals surface area (Å²) in [5.41, 5.74) is 2.02. The SMILES string of the molecule is CCOc1ccc(C(=O)NC(C)COC)cc1CN(C)S(=O)(=O)c1ccc(C)cc1. The molecule has 1 N–H and O–H groups in total. The van der Waals surface area contributed by atoms with Gasteiger partial charge in [-0.05, 0) is 51.1 Å². The van der Waals surface area contributed by atoms with Crippen LogP contribution in [0.1, 0.15) is 35.3 Å². The quantitative estimate of drug-likeness (QED) is 0.621. The van der Waals surface area contributed by atoms with Crippen molar-refractivity contribution in [2.75, 3.05) is 27.4 Å². The van der Waals surface area contributed by atoms with Gasteiger partial charge < -0.3 is 14.8 Å². The Labute approximate surface area is 179 Å². The van der Waals surface area contributed by atoms with E-state index in [-0.39, 0.29) is 23.4 Å². The summed E-state index contributed by atoms with van der Waals surface area (Å²) in [5.74, 6) is 0.290. The van der Waals surface area contributed by atoms with Crippen LogP contribution in [0.5, 0.6) is 5.75 Å². The molecule has 0 aliphatic heterocycles. The highest BCUT2D eigenvalue weighted by Gasteiger charge is 2.23. The number of hydrogen-bond acceptors (Lipinski definition) is 5. The molecule has 0 fully saturated rings. The molecule has 1 atom stereocenters. The minimum absolute atomic E-state index is 0.0697. The molecule has 0 radical (unpaired) electrons. The van der Waals surface area contributed by atoms with Crippen LogP contribution in [0.3, 0.4) is 0 Å². The number of nitrogens with one attached hydrogen (secondary N) is 1. The number of nitrogens with zero attached hydrogens (tertiary/aromatic N) is 1. The highest BCUT2D eigenvalue weighted by molar-refractivity contribution is 7.89. The third-order valence-electron chi connectivity index (χ3n) is 4.54. The molecule has 0 saturated heterocycles. The minimum atomic E-state index is -3.68. The molecule has 1 amide bonds. The van der Waals surface area contributed by atoms with Crippen LogP contribution in [0.25, 0.3) is 0 Å². The normalized spacial score (nSPS) is 12.6. The standard InChI is InChI=1S/C22H30N2O5S/c1-6-29-21-12-9-18(22(25)23-17(3)15-28-5)13-19(21)14-24(4)30(26,27)20-10-7-16(2)8-11-20/h7-13,17H,6,14-15H2,1-5H3,(H,23,25). The van der Waals surface area contributed by atoms with E-state index in [0.29, 0.717) is 30.1 Å². The van der Waals surface area contributed by atoms with Crippen LogP contribution in [0.15, 0.2) is 47.4 Å². The fraction of sp³-hybridized carbons (Fsp3) is 0.409. The largest absolute Gasteiger partial charge is 0.494 e. The smallest absolute Gasteiger partial charge is 0.251 e. The van der Waals surface area contributed by atoms with Gasteiger partial charge in [0.25, 0.3) is 5.91 Å². The van der Waals surface area contributed by atoms with Crippen molar-refractivity contribution in [3.63, 3.8) is 0 Å². The van der Waals surface area contributed by atoms with Crippen molar-refractivity contribution in [1.29, 1.82) is 0 Å². The number of benzene rings is 2. The van der Waals surface area contributed by atoms with Crippen molar-refractivity contribution in [2.24, 2.45) is 0 Å². The van der Waals surface area contributed by atoms with E-state index in [4.69, 9.17) is 9.47 Å². The summed E-state index contributed by atoms with van der Waals surface area (Å²) in [6, 6.07) is 11.6. The molecule has 0 heterocycles. The van der Waals surface area contributed by atoms with Crippen molar-refractivity contribution in [1.82, 2.24) is 9.62 Å². The van der Waals surface area contributed by atoms with Gasteiger partial charge in [-0.2, -0.15) is 4.31 Å². The van der Waals surface area contributed by atoms with Gasteiger partial charge in [-0.3, -0.25) is 4.79 Å². The highest BCUT2D eigenvalue weighted by Crippen LogP contribution is 2.25. The fourth-order valence-corrected chi connectivity index (χ4v) is 4.10. The van der Waals surface area contributed by atoms with Crippen molar-refractivity contribution < 1.29 is 22.7 Å². The van der Waals surface area contributed by atoms with E-state index in [9.17, 15) is 13.2 Å². The predicted molar refractivity (Wildman–Crippen MR) is 116 cm³/mol. The lowest BCUT2D eigenvalue weighted by Crippen LogP contribution is -2.35. The predicted octanol–water partition coefficient (Wildman–Crippen LogP) is 2.98. The summed E-state index contributed by atoms with van der Waals surface area (Å²) in [6.45, 7) is 6.49. The number of carbonyl (C=O) groups is 1. The third-order valence-corrected chi connectivity index (χ3v) is 6.36. The molecule has 0 bridgehead atoms. The van der Waals surface area contributed by atoms with Crippen molar-refractivity contribution in [3.05, 3.63) is 59.2 Å². The molecule has 2 aromatic carbocycles. The van der Waals surface area contributed by atoms with Crippen LogP contribution in [-0.4, -0.2) is 52.0 Å². The molecule has 1 unspecified atom stereocenters. The highest BCUT2D eigenvalue weighted by atomic mass is 32.2. The molecule has 8 heteroatoms. The van der Waals surface area contributed by atoms with Gasteiger partial charge in [-0.1, -0.05) is 17.7 Å². The maximum absolute atomic E-state index is 12.9. The second-order valence-corrected chi connectivity index (χ2v) is 9.20. The van der Waals surface area contributed by atoms with Gasteiger partial charge in [0.1, 0.15) is 5.75 Å². The fourth-order valence-electron chi connectivity index (χ4n) is 2.95. The second kappa shape index (κ2) is 10.6. The molecular weight excluding hydrogens is 404 g/mol. The number of methoxy groups -OCH3 is 1. The van der Waals surface area contributed by atoms with Crippen molar-refractivity contribution in [2.45, 2.75) is 38.3 Å². The second-order valence-electron chi connectivity index (χ2n) is 7.16. The zero-order chi connectivity index (χ0) is 22.3. The summed E-state index contributed by atoms with van der Waals surface area (Å²) < 4.78 is 37.8. The first-order chi connectivity index (χ1) is 14.2. The van der Waals surface area contributed by atoms with Crippen LogP contribution in [0, 0.1) is 6.92 Å². The Morgan fingerprint density at radius 2 is 1.83 bits per heavy atom. The lowest BCUT2D eigenvalue weighted by Gasteiger charge is -2.20. The Morgan fingerprint density at radius 3 is 2.43 bits per heavy atom. The van der Waals surface area contributed by atoms with Gasteiger partial charge in [-0.25, -0.2) is 8.42 Å². The maximum atomic E-state index is 12.9. The monoisotopic (exact) mass is 434 g/mol. The first-order valence-electron chi connectivity index (χ1n) is 9.77. The molecule has 30 heavy (non-hydrogen) atoms. The molecule has 164 valence electrons. The van der Waals surface area contributed by atoms with Gasteiger partial charge in [0.05, 0.1) is 18.1 Å². The lowest BCUT2D eigenvalue weighted by atomic mass is 10.1. The molecule has 0 aliphatic rings. The average Bonchev–Trinajstić information content (AvgIpc) is 2.69. The van der Waals surface area contributed by atoms with Crippen molar-refractivity contribution in [3.8, 4) is 5.75 Å². The van der Waals surface area contributed by atoms with Gasteiger partial charge in [0, 0.05) is 37.9 Å². The molecule has 0 aromatic heterocycles. The first kappa shape index (κ1) is 23.9. The van der Waals surface area contributed by atoms with Gasteiger partial charge in [0.2, 0.25) is 10.0 Å². The van der Waals surface area contributed by atoms with E-state index in [1.807, 2.05) is 20.8 Å². The zero-order valence-corrected chi connectivity index (χ0v) is 19.0. The maximum Gasteiger partial charge on any atom is 0.251 e. The molecule has 7 nitrogen and oxygen atoms in total. The molecule has 0 saturated carbocycles. The average molecular weight is 435 g/mol. The number of amides is 1. The van der Waals surface area contributed by atoms with E-state index in [1.165, 1.54) is 11.4 Å². The number of hydrogen-bond donors (Lipinski definition) is 1. The number of carbonyl (C=O) groups excluding carboxylic acids is 1. The van der Waals surface area contributed by atoms with E-state index in [0.717, 1.165) is 5.56 Å². The van der Waals surface area contributed by atoms with E-state index < -0.39 is 10.0 Å². The lowest BCUT2D eigenvalue weighted by molar-refractivity contribution is 0.0905. The van der Waals surface area contributed by atoms with Crippen LogP contribution < -0.4 is 10.1 Å². The van der Waals surface area contributed by atoms with Gasteiger partial charge in [0.15, 0.2) is 0 Å². The van der Waals surface area contributed by atoms with Crippen LogP contribution in [0.4, 0.5) is 0 Å². The number of rotatable bonds is 10. The van der Waals surface area contributed by atoms with E-state index >= 15 is 0 Å². The molecule has 2 aromatic rings. The molecule has 2 rings (SSSR count). The molecule has 0 spiro atoms. The number of sulfonamides is 1. The molecule has 0 aliphatic carbocycles. The Hall–Kier alpha value is -2.42. The Balaban J connectivity index is 2.29. The van der Waals surface area contributed by atoms with Crippen LogP contribution >= 0.6 is 0 Å². The summed E-state index contributed by atoms with van der Waals surface area (Å²) in [6.07, 6.45) is 0. The zero-order valence-electron chi connectivity index (χ0n) is 18.1. The molecular formula is C22H30N2O5S. The van der Waals surface area contributed by atoms with Crippen LogP contribution in [0.2, 0.25) is 0 Å².